The molecule has 1 fully saturated rings. The highest BCUT2D eigenvalue weighted by molar-refractivity contribution is 7.99. The molecule has 1 aliphatic carbocycles. The Labute approximate surface area is 235 Å². The number of ketones is 1. The Hall–Kier alpha value is -2.76. The van der Waals surface area contributed by atoms with Gasteiger partial charge in [0.2, 0.25) is 17.6 Å². The number of carbonyl (C=O) groups excluding carboxylic acids is 3. The first-order valence-corrected chi connectivity index (χ1v) is 14.6. The molecule has 1 saturated carbocycles. The summed E-state index contributed by atoms with van der Waals surface area (Å²) in [5.74, 6) is -0.397. The van der Waals surface area contributed by atoms with Crippen LogP contribution < -0.4 is 10.6 Å². The molecule has 10 nitrogen and oxygen atoms in total. The molecule has 1 aliphatic rings. The maximum atomic E-state index is 13.7. The number of ether oxygens (including phenoxy) is 1. The monoisotopic (exact) mass is 559 g/mol. The lowest BCUT2D eigenvalue weighted by atomic mass is 9.80. The number of hydrogen-bond donors (Lipinski definition) is 2. The molecule has 11 heteroatoms. The number of hydrogen-bond acceptors (Lipinski definition) is 9. The number of Topliss-reactive ketones (excluding diaryl/α,β-unsaturated/α-hetero) is 1. The second-order valence-electron chi connectivity index (χ2n) is 10.7. The Morgan fingerprint density at radius 2 is 1.82 bits per heavy atom. The van der Waals surface area contributed by atoms with E-state index in [4.69, 9.17) is 9.15 Å². The van der Waals surface area contributed by atoms with E-state index in [0.29, 0.717) is 31.1 Å². The standard InChI is InChI=1S/C28H41N5O5S/c1-20(2)17-22(24(35)25-31-32-27(38-25)39-16-15-33(3)4)29-26(36)28(13-9-6-10-14-28)30-23(34)19-37-18-21-11-7-5-8-12-21/h5,7-8,11-12,20,22H,6,9-10,13-19H2,1-4H3,(H,29,36)(H,30,34). The third kappa shape index (κ3) is 9.74. The zero-order valence-electron chi connectivity index (χ0n) is 23.4. The summed E-state index contributed by atoms with van der Waals surface area (Å²) in [4.78, 5) is 41.9. The molecule has 0 spiro atoms. The largest absolute Gasteiger partial charge is 0.408 e. The van der Waals surface area contributed by atoms with Gasteiger partial charge in [0.15, 0.2) is 0 Å². The van der Waals surface area contributed by atoms with Crippen LogP contribution in [0.25, 0.3) is 0 Å². The average Bonchev–Trinajstić information content (AvgIpc) is 3.37. The number of amides is 2. The molecule has 3 rings (SSSR count). The highest BCUT2D eigenvalue weighted by Gasteiger charge is 2.42. The Morgan fingerprint density at radius 3 is 2.49 bits per heavy atom. The molecule has 0 aliphatic heterocycles. The molecule has 2 N–H and O–H groups in total. The van der Waals surface area contributed by atoms with E-state index < -0.39 is 17.4 Å². The van der Waals surface area contributed by atoms with E-state index in [9.17, 15) is 14.4 Å². The molecule has 2 aromatic rings. The number of nitrogens with one attached hydrogen (secondary N) is 2. The highest BCUT2D eigenvalue weighted by atomic mass is 32.2. The van der Waals surface area contributed by atoms with E-state index in [-0.39, 0.29) is 30.2 Å². The summed E-state index contributed by atoms with van der Waals surface area (Å²) in [5.41, 5.74) is -0.131. The van der Waals surface area contributed by atoms with Crippen LogP contribution in [0, 0.1) is 5.92 Å². The fourth-order valence-corrected chi connectivity index (χ4v) is 5.40. The summed E-state index contributed by atoms with van der Waals surface area (Å²) in [6, 6.07) is 8.75. The van der Waals surface area contributed by atoms with E-state index in [1.54, 1.807) is 0 Å². The SMILES string of the molecule is CC(C)CC(NC(=O)C1(NC(=O)COCc2ccccc2)CCCCC1)C(=O)c1nnc(SCCN(C)C)o1. The molecular weight excluding hydrogens is 518 g/mol. The molecule has 1 atom stereocenters. The summed E-state index contributed by atoms with van der Waals surface area (Å²) in [6.07, 6.45) is 4.00. The van der Waals surface area contributed by atoms with Crippen LogP contribution in [-0.4, -0.2) is 77.3 Å². The van der Waals surface area contributed by atoms with Crippen LogP contribution in [0.15, 0.2) is 40.0 Å². The second kappa shape index (κ2) is 15.1. The van der Waals surface area contributed by atoms with Crippen molar-refractivity contribution in [1.29, 1.82) is 0 Å². The topological polar surface area (TPSA) is 127 Å². The van der Waals surface area contributed by atoms with Crippen LogP contribution in [0.2, 0.25) is 0 Å². The van der Waals surface area contributed by atoms with Gasteiger partial charge in [-0.15, -0.1) is 10.2 Å². The van der Waals surface area contributed by atoms with Crippen molar-refractivity contribution in [2.24, 2.45) is 5.92 Å². The van der Waals surface area contributed by atoms with Gasteiger partial charge >= 0.3 is 0 Å². The van der Waals surface area contributed by atoms with Crippen molar-refractivity contribution in [3.8, 4) is 0 Å². The van der Waals surface area contributed by atoms with Crippen molar-refractivity contribution < 1.29 is 23.5 Å². The molecule has 2 amide bonds. The van der Waals surface area contributed by atoms with E-state index in [0.717, 1.165) is 37.1 Å². The van der Waals surface area contributed by atoms with Crippen LogP contribution >= 0.6 is 11.8 Å². The van der Waals surface area contributed by atoms with Gasteiger partial charge in [-0.05, 0) is 44.8 Å². The van der Waals surface area contributed by atoms with E-state index in [1.807, 2.05) is 63.2 Å². The smallest absolute Gasteiger partial charge is 0.286 e. The predicted molar refractivity (Wildman–Crippen MR) is 149 cm³/mol. The van der Waals surface area contributed by atoms with Crippen LogP contribution in [0.3, 0.4) is 0 Å². The summed E-state index contributed by atoms with van der Waals surface area (Å²) in [7, 11) is 3.95. The molecule has 0 radical (unpaired) electrons. The first kappa shape index (κ1) is 30.8. The van der Waals surface area contributed by atoms with E-state index in [1.165, 1.54) is 11.8 Å². The summed E-state index contributed by atoms with van der Waals surface area (Å²) in [5, 5.41) is 14.1. The van der Waals surface area contributed by atoms with Crippen molar-refractivity contribution in [1.82, 2.24) is 25.7 Å². The first-order valence-electron chi connectivity index (χ1n) is 13.6. The normalized spacial score (nSPS) is 15.7. The molecule has 214 valence electrons. The molecule has 1 aromatic carbocycles. The molecule has 0 saturated heterocycles. The van der Waals surface area contributed by atoms with Crippen molar-refractivity contribution in [2.75, 3.05) is 33.0 Å². The highest BCUT2D eigenvalue weighted by Crippen LogP contribution is 2.29. The number of rotatable bonds is 15. The minimum atomic E-state index is -1.09. The third-order valence-corrected chi connectivity index (χ3v) is 7.37. The van der Waals surface area contributed by atoms with E-state index >= 15 is 0 Å². The van der Waals surface area contributed by atoms with Gasteiger partial charge < -0.3 is 24.7 Å². The van der Waals surface area contributed by atoms with Gasteiger partial charge in [-0.3, -0.25) is 14.4 Å². The van der Waals surface area contributed by atoms with Crippen LogP contribution in [0.4, 0.5) is 0 Å². The lowest BCUT2D eigenvalue weighted by Gasteiger charge is -2.37. The summed E-state index contributed by atoms with van der Waals surface area (Å²) in [6.45, 7) is 4.93. The van der Waals surface area contributed by atoms with Gasteiger partial charge in [0.25, 0.3) is 11.1 Å². The Morgan fingerprint density at radius 1 is 1.10 bits per heavy atom. The van der Waals surface area contributed by atoms with Gasteiger partial charge in [-0.25, -0.2) is 0 Å². The second-order valence-corrected chi connectivity index (χ2v) is 11.8. The third-order valence-electron chi connectivity index (χ3n) is 6.58. The predicted octanol–water partition coefficient (Wildman–Crippen LogP) is 3.47. The first-order chi connectivity index (χ1) is 18.7. The number of nitrogens with zero attached hydrogens (tertiary/aromatic N) is 3. The molecule has 1 heterocycles. The van der Waals surface area contributed by atoms with Crippen LogP contribution in [0.1, 0.15) is 68.6 Å². The molecular formula is C28H41N5O5S. The minimum absolute atomic E-state index is 0.121. The zero-order chi connectivity index (χ0) is 28.3. The number of thioether (sulfide) groups is 1. The number of carbonyl (C=O) groups is 3. The summed E-state index contributed by atoms with van der Waals surface area (Å²) < 4.78 is 11.2. The fraction of sp³-hybridized carbons (Fsp3) is 0.607. The van der Waals surface area contributed by atoms with Crippen molar-refractivity contribution in [3.63, 3.8) is 0 Å². The van der Waals surface area contributed by atoms with Crippen LogP contribution in [-0.2, 0) is 20.9 Å². The van der Waals surface area contributed by atoms with Gasteiger partial charge in [0.05, 0.1) is 12.6 Å². The average molecular weight is 560 g/mol. The number of benzene rings is 1. The maximum Gasteiger partial charge on any atom is 0.286 e. The van der Waals surface area contributed by atoms with Gasteiger partial charge in [-0.1, -0.05) is 75.2 Å². The number of aromatic nitrogens is 2. The lowest BCUT2D eigenvalue weighted by Crippen LogP contribution is -2.62. The molecule has 1 unspecified atom stereocenters. The Kier molecular flexibility index (Phi) is 11.9. The van der Waals surface area contributed by atoms with Gasteiger partial charge in [0, 0.05) is 12.3 Å². The molecule has 1 aromatic heterocycles. The van der Waals surface area contributed by atoms with Crippen molar-refractivity contribution >= 4 is 29.4 Å². The fourth-order valence-electron chi connectivity index (χ4n) is 4.53. The lowest BCUT2D eigenvalue weighted by molar-refractivity contribution is -0.137. The van der Waals surface area contributed by atoms with Crippen molar-refractivity contribution in [2.45, 2.75) is 75.8 Å². The quantitative estimate of drug-likeness (QED) is 0.249. The maximum absolute atomic E-state index is 13.7. The molecule has 39 heavy (non-hydrogen) atoms. The molecule has 0 bridgehead atoms. The summed E-state index contributed by atoms with van der Waals surface area (Å²) >= 11 is 1.38. The zero-order valence-corrected chi connectivity index (χ0v) is 24.2. The van der Waals surface area contributed by atoms with Gasteiger partial charge in [0.1, 0.15) is 12.1 Å². The minimum Gasteiger partial charge on any atom is -0.408 e. The Balaban J connectivity index is 1.65. The van der Waals surface area contributed by atoms with Crippen LogP contribution in [0.5, 0.6) is 0 Å². The Bertz CT molecular complexity index is 1070. The van der Waals surface area contributed by atoms with E-state index in [2.05, 4.69) is 20.8 Å². The van der Waals surface area contributed by atoms with Crippen molar-refractivity contribution in [3.05, 3.63) is 41.8 Å². The van der Waals surface area contributed by atoms with Gasteiger partial charge in [-0.2, -0.15) is 0 Å².